The Morgan fingerprint density at radius 2 is 2.10 bits per heavy atom. The van der Waals surface area contributed by atoms with Gasteiger partial charge in [0.2, 0.25) is 0 Å². The van der Waals surface area contributed by atoms with Gasteiger partial charge in [-0.15, -0.1) is 0 Å². The molecule has 4 rings (SSSR count). The number of imidazole rings is 1. The van der Waals surface area contributed by atoms with Crippen molar-refractivity contribution >= 4 is 28.7 Å². The normalized spacial score (nSPS) is 13.6. The van der Waals surface area contributed by atoms with Gasteiger partial charge in [0.05, 0.1) is 6.61 Å². The van der Waals surface area contributed by atoms with Crippen LogP contribution in [0.25, 0.3) is 11.2 Å². The molecule has 3 N–H and O–H groups in total. The third kappa shape index (κ3) is 4.39. The Balaban J connectivity index is 1.66. The number of anilines is 1. The number of nitrogens with two attached hydrogens (primary N) is 1. The van der Waals surface area contributed by atoms with Gasteiger partial charge in [0, 0.05) is 31.0 Å². The van der Waals surface area contributed by atoms with Crippen LogP contribution in [-0.2, 0) is 19.4 Å². The number of aryl methyl sites for hydroxylation is 1. The van der Waals surface area contributed by atoms with Crippen LogP contribution in [0.1, 0.15) is 38.8 Å². The van der Waals surface area contributed by atoms with Gasteiger partial charge in [0.25, 0.3) is 0 Å². The van der Waals surface area contributed by atoms with Crippen molar-refractivity contribution in [2.45, 2.75) is 57.1 Å². The van der Waals surface area contributed by atoms with Crippen molar-refractivity contribution in [3.8, 4) is 5.75 Å². The number of nitrogens with zero attached hydrogens (tertiary/aromatic N) is 4. The molecule has 0 saturated carbocycles. The van der Waals surface area contributed by atoms with E-state index in [4.69, 9.17) is 15.5 Å². The lowest BCUT2D eigenvalue weighted by Gasteiger charge is -2.19. The zero-order valence-corrected chi connectivity index (χ0v) is 19.0. The van der Waals surface area contributed by atoms with E-state index in [0.717, 1.165) is 55.6 Å². The van der Waals surface area contributed by atoms with Gasteiger partial charge < -0.3 is 20.4 Å². The van der Waals surface area contributed by atoms with Gasteiger partial charge in [-0.1, -0.05) is 45.5 Å². The van der Waals surface area contributed by atoms with E-state index < -0.39 is 0 Å². The second-order valence-electron chi connectivity index (χ2n) is 8.84. The minimum absolute atomic E-state index is 0.238. The van der Waals surface area contributed by atoms with Gasteiger partial charge in [-0.2, -0.15) is 0 Å². The molecule has 0 amide bonds. The number of fused-ring (bicyclic) bond motifs is 2. The molecule has 1 aliphatic rings. The van der Waals surface area contributed by atoms with E-state index in [2.05, 4.69) is 59.7 Å². The second-order valence-corrected chi connectivity index (χ2v) is 9.85. The quantitative estimate of drug-likeness (QED) is 0.557. The lowest BCUT2D eigenvalue weighted by Crippen LogP contribution is -2.29. The number of ether oxygens (including phenoxy) is 1. The summed E-state index contributed by atoms with van der Waals surface area (Å²) in [5.41, 5.74) is 10.4. The second kappa shape index (κ2) is 8.43. The van der Waals surface area contributed by atoms with Gasteiger partial charge in [-0.05, 0) is 29.0 Å². The SMILES string of the molecule is CCc1cc2c(cc1Sc1nc3c(N)ncnc3n1CCNCC(C)(C)C)OCC2. The van der Waals surface area contributed by atoms with Gasteiger partial charge >= 0.3 is 0 Å². The molecule has 0 aliphatic carbocycles. The highest BCUT2D eigenvalue weighted by Gasteiger charge is 2.20. The van der Waals surface area contributed by atoms with Crippen LogP contribution in [0.5, 0.6) is 5.75 Å². The summed E-state index contributed by atoms with van der Waals surface area (Å²) in [5, 5.41) is 4.42. The minimum Gasteiger partial charge on any atom is -0.493 e. The Morgan fingerprint density at radius 1 is 1.27 bits per heavy atom. The molecule has 8 heteroatoms. The third-order valence-electron chi connectivity index (χ3n) is 5.15. The number of benzene rings is 1. The molecular formula is C22H30N6OS. The van der Waals surface area contributed by atoms with E-state index in [1.54, 1.807) is 11.8 Å². The molecule has 7 nitrogen and oxygen atoms in total. The van der Waals surface area contributed by atoms with Crippen LogP contribution in [-0.4, -0.2) is 39.2 Å². The summed E-state index contributed by atoms with van der Waals surface area (Å²) in [6.07, 6.45) is 3.45. The maximum Gasteiger partial charge on any atom is 0.175 e. The molecule has 0 unspecified atom stereocenters. The highest BCUT2D eigenvalue weighted by Crippen LogP contribution is 2.38. The highest BCUT2D eigenvalue weighted by atomic mass is 32.2. The van der Waals surface area contributed by atoms with E-state index >= 15 is 0 Å². The Morgan fingerprint density at radius 3 is 2.87 bits per heavy atom. The molecular weight excluding hydrogens is 396 g/mol. The molecule has 1 aromatic carbocycles. The van der Waals surface area contributed by atoms with Gasteiger partial charge in [0.1, 0.15) is 12.1 Å². The van der Waals surface area contributed by atoms with Crippen LogP contribution in [0.3, 0.4) is 0 Å². The molecule has 0 radical (unpaired) electrons. The van der Waals surface area contributed by atoms with Crippen LogP contribution < -0.4 is 15.8 Å². The van der Waals surface area contributed by atoms with E-state index in [1.807, 2.05) is 0 Å². The zero-order valence-electron chi connectivity index (χ0n) is 18.2. The summed E-state index contributed by atoms with van der Waals surface area (Å²) in [6, 6.07) is 4.43. The number of nitrogens with one attached hydrogen (secondary N) is 1. The molecule has 0 fully saturated rings. The van der Waals surface area contributed by atoms with Gasteiger partial charge in [-0.3, -0.25) is 0 Å². The predicted molar refractivity (Wildman–Crippen MR) is 121 cm³/mol. The first kappa shape index (κ1) is 20.9. The average Bonchev–Trinajstić information content (AvgIpc) is 3.29. The summed E-state index contributed by atoms with van der Waals surface area (Å²) in [7, 11) is 0. The number of aromatic nitrogens is 4. The Hall–Kier alpha value is -2.32. The van der Waals surface area contributed by atoms with Crippen molar-refractivity contribution in [3.63, 3.8) is 0 Å². The van der Waals surface area contributed by atoms with Crippen LogP contribution in [0.15, 0.2) is 28.5 Å². The maximum absolute atomic E-state index is 6.10. The largest absolute Gasteiger partial charge is 0.493 e. The van der Waals surface area contributed by atoms with E-state index in [9.17, 15) is 0 Å². The topological polar surface area (TPSA) is 90.9 Å². The highest BCUT2D eigenvalue weighted by molar-refractivity contribution is 7.99. The first-order valence-electron chi connectivity index (χ1n) is 10.5. The zero-order chi connectivity index (χ0) is 21.3. The molecule has 0 saturated heterocycles. The number of hydrogen-bond acceptors (Lipinski definition) is 7. The smallest absolute Gasteiger partial charge is 0.175 e. The lowest BCUT2D eigenvalue weighted by atomic mass is 9.97. The fourth-order valence-electron chi connectivity index (χ4n) is 3.60. The molecule has 3 aromatic rings. The third-order valence-corrected chi connectivity index (χ3v) is 6.24. The molecule has 3 heterocycles. The van der Waals surface area contributed by atoms with E-state index in [-0.39, 0.29) is 5.41 Å². The molecule has 0 bridgehead atoms. The van der Waals surface area contributed by atoms with Crippen LogP contribution in [0, 0.1) is 5.41 Å². The molecule has 0 atom stereocenters. The summed E-state index contributed by atoms with van der Waals surface area (Å²) in [4.78, 5) is 14.6. The number of hydrogen-bond donors (Lipinski definition) is 2. The summed E-state index contributed by atoms with van der Waals surface area (Å²) in [6.45, 7) is 12.2. The maximum atomic E-state index is 6.10. The Bertz CT molecular complexity index is 1060. The van der Waals surface area contributed by atoms with Crippen molar-refractivity contribution in [3.05, 3.63) is 29.6 Å². The molecule has 160 valence electrons. The Labute approximate surface area is 181 Å². The van der Waals surface area contributed by atoms with Gasteiger partial charge in [0.15, 0.2) is 22.1 Å². The molecule has 2 aromatic heterocycles. The fraction of sp³-hybridized carbons (Fsp3) is 0.500. The standard InChI is InChI=1S/C22H30N6OS/c1-5-14-10-15-6-9-29-16(15)11-17(14)30-21-27-18-19(23)25-13-26-20(18)28(21)8-7-24-12-22(2,3)4/h10-11,13,24H,5-9,12H2,1-4H3,(H2,23,25,26). The van der Waals surface area contributed by atoms with Crippen molar-refractivity contribution in [2.75, 3.05) is 25.4 Å². The molecule has 30 heavy (non-hydrogen) atoms. The van der Waals surface area contributed by atoms with E-state index in [1.165, 1.54) is 22.3 Å². The average molecular weight is 427 g/mol. The lowest BCUT2D eigenvalue weighted by molar-refractivity contribution is 0.356. The van der Waals surface area contributed by atoms with Crippen molar-refractivity contribution < 1.29 is 4.74 Å². The van der Waals surface area contributed by atoms with Crippen molar-refractivity contribution in [1.82, 2.24) is 24.8 Å². The summed E-state index contributed by atoms with van der Waals surface area (Å²) < 4.78 is 7.94. The van der Waals surface area contributed by atoms with Crippen LogP contribution >= 0.6 is 11.8 Å². The minimum atomic E-state index is 0.238. The fourth-order valence-corrected chi connectivity index (χ4v) is 4.72. The van der Waals surface area contributed by atoms with Crippen molar-refractivity contribution in [2.24, 2.45) is 5.41 Å². The number of rotatable bonds is 7. The van der Waals surface area contributed by atoms with Crippen LogP contribution in [0.4, 0.5) is 5.82 Å². The molecule has 0 spiro atoms. The summed E-state index contributed by atoms with van der Waals surface area (Å²) in [5.74, 6) is 1.40. The Kier molecular flexibility index (Phi) is 5.88. The van der Waals surface area contributed by atoms with E-state index in [0.29, 0.717) is 11.3 Å². The first-order chi connectivity index (χ1) is 14.4. The number of nitrogen functional groups attached to an aromatic ring is 1. The molecule has 1 aliphatic heterocycles. The predicted octanol–water partition coefficient (Wildman–Crippen LogP) is 3.69. The summed E-state index contributed by atoms with van der Waals surface area (Å²) >= 11 is 1.65. The van der Waals surface area contributed by atoms with Gasteiger partial charge in [-0.25, -0.2) is 15.0 Å². The monoisotopic (exact) mass is 426 g/mol. The van der Waals surface area contributed by atoms with Crippen LogP contribution in [0.2, 0.25) is 0 Å². The first-order valence-corrected chi connectivity index (χ1v) is 11.3. The van der Waals surface area contributed by atoms with Crippen molar-refractivity contribution in [1.29, 1.82) is 0 Å².